The largest absolute Gasteiger partial charge is 0.359 e. The summed E-state index contributed by atoms with van der Waals surface area (Å²) >= 11 is 1.77. The summed E-state index contributed by atoms with van der Waals surface area (Å²) < 4.78 is 16.2. The predicted octanol–water partition coefficient (Wildman–Crippen LogP) is 9.30. The van der Waals surface area contributed by atoms with Gasteiger partial charge in [-0.15, -0.1) is 0 Å². The Bertz CT molecular complexity index is 552. The number of carbonyl (C=O) groups is 2. The highest BCUT2D eigenvalue weighted by Crippen LogP contribution is 2.26. The van der Waals surface area contributed by atoms with E-state index in [1.807, 2.05) is 32.9 Å². The molecule has 214 valence electrons. The van der Waals surface area contributed by atoms with Crippen molar-refractivity contribution in [2.75, 3.05) is 12.8 Å². The van der Waals surface area contributed by atoms with Crippen LogP contribution in [0.25, 0.3) is 0 Å². The van der Waals surface area contributed by atoms with Gasteiger partial charge in [-0.1, -0.05) is 117 Å². The topological polar surface area (TPSA) is 58.2 Å². The van der Waals surface area contributed by atoms with Gasteiger partial charge in [-0.3, -0.25) is 9.52 Å². The molecule has 0 bridgehead atoms. The molecule has 0 spiro atoms. The average molecular weight is 531 g/mol. The molecule has 1 atom stereocenters. The number of rotatable bonds is 10. The van der Waals surface area contributed by atoms with Crippen molar-refractivity contribution in [2.24, 2.45) is 5.92 Å². The van der Waals surface area contributed by atoms with Crippen LogP contribution in [0.15, 0.2) is 24.3 Å². The maximum atomic E-state index is 12.8. The van der Waals surface area contributed by atoms with Gasteiger partial charge in [0.05, 0.1) is 0 Å². The smallest absolute Gasteiger partial charge is 0.216 e. The van der Waals surface area contributed by atoms with Crippen LogP contribution in [0.1, 0.15) is 132 Å². The minimum Gasteiger partial charge on any atom is -0.359 e. The fraction of sp³-hybridized carbons (Fsp3) is 0.733. The first-order valence-corrected chi connectivity index (χ1v) is 15.0. The van der Waals surface area contributed by atoms with Crippen molar-refractivity contribution in [1.29, 1.82) is 0 Å². The van der Waals surface area contributed by atoms with E-state index in [1.165, 1.54) is 70.4 Å². The van der Waals surface area contributed by atoms with Crippen LogP contribution in [-0.2, 0) is 9.59 Å². The second-order valence-electron chi connectivity index (χ2n) is 8.42. The number of carbonyl (C=O) groups excluding carboxylic acids is 2. The minimum absolute atomic E-state index is 0.00463. The number of unbranched alkanes of at least 4 members (excludes halogenated alkanes) is 4. The molecule has 1 aromatic rings. The number of aldehydes is 1. The van der Waals surface area contributed by atoms with Crippen molar-refractivity contribution in [3.8, 4) is 0 Å². The van der Waals surface area contributed by atoms with Gasteiger partial charge in [0.15, 0.2) is 0 Å². The molecule has 0 aromatic heterocycles. The Balaban J connectivity index is -0.000000230. The lowest BCUT2D eigenvalue weighted by molar-refractivity contribution is -0.118. The zero-order valence-electron chi connectivity index (χ0n) is 25.2. The zero-order valence-corrected chi connectivity index (χ0v) is 26.0. The summed E-state index contributed by atoms with van der Waals surface area (Å²) in [5.41, 5.74) is 1.13. The maximum absolute atomic E-state index is 12.8. The Hall–Kier alpha value is -1.40. The van der Waals surface area contributed by atoms with E-state index < -0.39 is 0 Å². The lowest BCUT2D eigenvalue weighted by Gasteiger charge is -2.13. The van der Waals surface area contributed by atoms with Crippen molar-refractivity contribution >= 4 is 24.1 Å². The molecule has 1 aromatic carbocycles. The summed E-state index contributed by atoms with van der Waals surface area (Å²) in [6.07, 6.45) is 12.3. The van der Waals surface area contributed by atoms with Crippen LogP contribution in [0.2, 0.25) is 0 Å². The summed E-state index contributed by atoms with van der Waals surface area (Å²) in [4.78, 5) is 18.9. The van der Waals surface area contributed by atoms with E-state index in [9.17, 15) is 14.0 Å². The van der Waals surface area contributed by atoms with Crippen molar-refractivity contribution in [3.05, 3.63) is 35.6 Å². The van der Waals surface area contributed by atoms with E-state index in [1.54, 1.807) is 19.0 Å². The van der Waals surface area contributed by atoms with E-state index in [-0.39, 0.29) is 17.8 Å². The Labute approximate surface area is 228 Å². The zero-order chi connectivity index (χ0) is 28.6. The molecule has 2 rings (SSSR count). The first-order valence-electron chi connectivity index (χ1n) is 14.0. The minimum atomic E-state index is -0.172. The number of benzene rings is 1. The molecule has 2 N–H and O–H groups in total. The van der Waals surface area contributed by atoms with E-state index in [0.717, 1.165) is 23.5 Å². The average Bonchev–Trinajstić information content (AvgIpc) is 3.68. The van der Waals surface area contributed by atoms with Gasteiger partial charge in [-0.05, 0) is 37.0 Å². The lowest BCUT2D eigenvalue weighted by Crippen LogP contribution is -2.11. The van der Waals surface area contributed by atoms with Gasteiger partial charge >= 0.3 is 0 Å². The van der Waals surface area contributed by atoms with Gasteiger partial charge in [0, 0.05) is 32.2 Å². The highest BCUT2D eigenvalue weighted by Gasteiger charge is 2.12. The standard InChI is InChI=1S/C15H24FNS.C4H8.C3H7NO.C3H6O.C3H8.C2H6/c1-3-4-5-6-7-12-18-17-13(2)14-8-10-15(16)11-9-14;1-4-2-3-4;1-3(5)4-2;1-2-3-4;1-3-2;1-2/h8-11,13,17H,3-7,12H2,1-2H3;4H,2-3H2,1H3;1-2H3,(H,4,5);3H,2H2,1H3;3H2,1-2H3;1-2H3. The highest BCUT2D eigenvalue weighted by atomic mass is 32.2. The van der Waals surface area contributed by atoms with Crippen molar-refractivity contribution in [3.63, 3.8) is 0 Å². The number of nitrogens with one attached hydrogen (secondary N) is 2. The van der Waals surface area contributed by atoms with Gasteiger partial charge in [0.25, 0.3) is 0 Å². The summed E-state index contributed by atoms with van der Waals surface area (Å²) in [5.74, 6) is 2.06. The van der Waals surface area contributed by atoms with Gasteiger partial charge in [0.1, 0.15) is 12.1 Å². The number of amides is 1. The predicted molar refractivity (Wildman–Crippen MR) is 161 cm³/mol. The summed E-state index contributed by atoms with van der Waals surface area (Å²) in [6.45, 7) is 18.2. The Morgan fingerprint density at radius 1 is 1.06 bits per heavy atom. The molecule has 0 aliphatic heterocycles. The molecule has 1 aliphatic carbocycles. The molecule has 1 unspecified atom stereocenters. The molecule has 1 fully saturated rings. The molecule has 1 amide bonds. The first kappa shape index (κ1) is 41.7. The number of hydrogen-bond donors (Lipinski definition) is 2. The molecule has 1 aliphatic rings. The molecule has 0 radical (unpaired) electrons. The van der Waals surface area contributed by atoms with E-state index in [0.29, 0.717) is 6.42 Å². The molecule has 36 heavy (non-hydrogen) atoms. The molecule has 0 heterocycles. The van der Waals surface area contributed by atoms with Gasteiger partial charge in [0.2, 0.25) is 5.91 Å². The van der Waals surface area contributed by atoms with Crippen LogP contribution in [0, 0.1) is 11.7 Å². The van der Waals surface area contributed by atoms with Crippen LogP contribution < -0.4 is 10.0 Å². The fourth-order valence-electron chi connectivity index (χ4n) is 1.95. The molecule has 0 saturated heterocycles. The van der Waals surface area contributed by atoms with Gasteiger partial charge in [-0.25, -0.2) is 4.39 Å². The highest BCUT2D eigenvalue weighted by molar-refractivity contribution is 7.97. The normalized spacial score (nSPS) is 11.5. The van der Waals surface area contributed by atoms with Crippen LogP contribution in [-0.4, -0.2) is 25.0 Å². The van der Waals surface area contributed by atoms with Crippen LogP contribution in [0.4, 0.5) is 4.39 Å². The van der Waals surface area contributed by atoms with E-state index in [4.69, 9.17) is 0 Å². The molecular formula is C30H59FN2O2S. The monoisotopic (exact) mass is 530 g/mol. The van der Waals surface area contributed by atoms with Crippen LogP contribution in [0.3, 0.4) is 0 Å². The summed E-state index contributed by atoms with van der Waals surface area (Å²) in [5, 5.41) is 2.39. The third-order valence-electron chi connectivity index (χ3n) is 4.36. The van der Waals surface area contributed by atoms with Gasteiger partial charge in [-0.2, -0.15) is 0 Å². The third-order valence-corrected chi connectivity index (χ3v) is 5.38. The number of hydrogen-bond acceptors (Lipinski definition) is 4. The Morgan fingerprint density at radius 3 is 1.81 bits per heavy atom. The first-order chi connectivity index (χ1) is 17.2. The summed E-state index contributed by atoms with van der Waals surface area (Å²) in [6, 6.07) is 6.99. The van der Waals surface area contributed by atoms with Crippen molar-refractivity contribution in [2.45, 2.75) is 126 Å². The van der Waals surface area contributed by atoms with Gasteiger partial charge < -0.3 is 10.1 Å². The van der Waals surface area contributed by atoms with Crippen molar-refractivity contribution in [1.82, 2.24) is 10.0 Å². The lowest BCUT2D eigenvalue weighted by atomic mass is 10.1. The molecule has 4 nitrogen and oxygen atoms in total. The van der Waals surface area contributed by atoms with Crippen LogP contribution in [0.5, 0.6) is 0 Å². The molecular weight excluding hydrogens is 471 g/mol. The SMILES string of the molecule is CC.CC1CC1.CCC.CCC=O.CCCCCCCSNC(C)c1ccc(F)cc1.CNC(C)=O. The summed E-state index contributed by atoms with van der Waals surface area (Å²) in [7, 11) is 1.60. The quantitative estimate of drug-likeness (QED) is 0.180. The van der Waals surface area contributed by atoms with E-state index in [2.05, 4.69) is 44.7 Å². The second-order valence-corrected chi connectivity index (χ2v) is 9.36. The van der Waals surface area contributed by atoms with E-state index >= 15 is 0 Å². The number of halogens is 1. The fourth-order valence-corrected chi connectivity index (χ4v) is 2.80. The Morgan fingerprint density at radius 2 is 1.47 bits per heavy atom. The second kappa shape index (κ2) is 35.8. The van der Waals surface area contributed by atoms with Crippen LogP contribution >= 0.6 is 11.9 Å². The molecule has 1 saturated carbocycles. The van der Waals surface area contributed by atoms with Crippen molar-refractivity contribution < 1.29 is 14.0 Å². The Kier molecular flexibility index (Phi) is 41.4. The third kappa shape index (κ3) is 42.7. The molecule has 6 heteroatoms. The maximum Gasteiger partial charge on any atom is 0.216 e.